The second-order valence-electron chi connectivity index (χ2n) is 3.95. The lowest BCUT2D eigenvalue weighted by molar-refractivity contribution is 1.23. The number of nitrogens with zero attached hydrogens (tertiary/aromatic N) is 2. The lowest BCUT2D eigenvalue weighted by atomic mass is 10.2. The molecule has 1 aromatic carbocycles. The molecule has 3 aromatic rings. The van der Waals surface area contributed by atoms with Gasteiger partial charge in [-0.2, -0.15) is 0 Å². The van der Waals surface area contributed by atoms with Crippen LogP contribution >= 0.6 is 22.9 Å². The number of halogens is 1. The van der Waals surface area contributed by atoms with Crippen LogP contribution in [0.3, 0.4) is 0 Å². The predicted octanol–water partition coefficient (Wildman–Crippen LogP) is 4.40. The molecule has 0 fully saturated rings. The van der Waals surface area contributed by atoms with Crippen molar-refractivity contribution in [3.63, 3.8) is 0 Å². The van der Waals surface area contributed by atoms with Crippen molar-refractivity contribution in [2.45, 2.75) is 6.92 Å². The van der Waals surface area contributed by atoms with E-state index >= 15 is 0 Å². The minimum Gasteiger partial charge on any atom is -0.339 e. The Morgan fingerprint density at radius 1 is 1.22 bits per heavy atom. The second kappa shape index (κ2) is 4.55. The van der Waals surface area contributed by atoms with Crippen LogP contribution in [0.25, 0.3) is 10.2 Å². The Kier molecular flexibility index (Phi) is 2.89. The average Bonchev–Trinajstić information content (AvgIpc) is 2.83. The molecule has 0 unspecified atom stereocenters. The molecule has 0 saturated heterocycles. The molecule has 5 heteroatoms. The lowest BCUT2D eigenvalue weighted by Crippen LogP contribution is -1.96. The van der Waals surface area contributed by atoms with E-state index in [4.69, 9.17) is 11.6 Å². The van der Waals surface area contributed by atoms with E-state index in [0.717, 1.165) is 27.3 Å². The highest BCUT2D eigenvalue weighted by Gasteiger charge is 2.06. The molecule has 0 aliphatic carbocycles. The summed E-state index contributed by atoms with van der Waals surface area (Å²) in [5, 5.41) is 7.06. The van der Waals surface area contributed by atoms with Gasteiger partial charge < -0.3 is 5.32 Å². The van der Waals surface area contributed by atoms with Gasteiger partial charge in [0.05, 0.1) is 5.39 Å². The van der Waals surface area contributed by atoms with E-state index in [-0.39, 0.29) is 0 Å². The Bertz CT molecular complexity index is 708. The van der Waals surface area contributed by atoms with Crippen LogP contribution in [-0.4, -0.2) is 9.97 Å². The first kappa shape index (κ1) is 11.4. The molecule has 0 bridgehead atoms. The van der Waals surface area contributed by atoms with E-state index in [1.165, 1.54) is 0 Å². The zero-order valence-corrected chi connectivity index (χ0v) is 11.2. The first-order chi connectivity index (χ1) is 8.74. The molecule has 2 aromatic heterocycles. The van der Waals surface area contributed by atoms with Gasteiger partial charge in [-0.25, -0.2) is 9.97 Å². The zero-order chi connectivity index (χ0) is 12.5. The molecule has 2 heterocycles. The van der Waals surface area contributed by atoms with Crippen LogP contribution in [0.1, 0.15) is 5.56 Å². The van der Waals surface area contributed by atoms with Crippen molar-refractivity contribution in [3.8, 4) is 0 Å². The third-order valence-electron chi connectivity index (χ3n) is 2.71. The number of fused-ring (bicyclic) bond motifs is 1. The van der Waals surface area contributed by atoms with Crippen molar-refractivity contribution >= 4 is 44.7 Å². The van der Waals surface area contributed by atoms with Crippen LogP contribution in [0, 0.1) is 6.92 Å². The summed E-state index contributed by atoms with van der Waals surface area (Å²) in [5.41, 5.74) is 2.09. The van der Waals surface area contributed by atoms with E-state index in [2.05, 4.69) is 15.3 Å². The largest absolute Gasteiger partial charge is 0.339 e. The number of benzene rings is 1. The molecule has 0 saturated carbocycles. The monoisotopic (exact) mass is 275 g/mol. The Morgan fingerprint density at radius 2 is 2.11 bits per heavy atom. The van der Waals surface area contributed by atoms with Crippen molar-refractivity contribution in [2.24, 2.45) is 0 Å². The number of rotatable bonds is 2. The second-order valence-corrected chi connectivity index (χ2v) is 5.28. The molecule has 1 N–H and O–H groups in total. The standard InChI is InChI=1S/C13H10ClN3S/c1-8-2-3-9(14)6-11(8)17-12-10-4-5-18-13(10)16-7-15-12/h2-7H,1H3,(H,15,16,17). The van der Waals surface area contributed by atoms with Crippen molar-refractivity contribution in [1.29, 1.82) is 0 Å². The molecule has 0 spiro atoms. The van der Waals surface area contributed by atoms with Crippen LogP contribution in [0.4, 0.5) is 11.5 Å². The van der Waals surface area contributed by atoms with E-state index in [9.17, 15) is 0 Å². The number of anilines is 2. The quantitative estimate of drug-likeness (QED) is 0.753. The van der Waals surface area contributed by atoms with Crippen molar-refractivity contribution < 1.29 is 0 Å². The maximum atomic E-state index is 6.01. The van der Waals surface area contributed by atoms with Crippen LogP contribution in [0.5, 0.6) is 0 Å². The van der Waals surface area contributed by atoms with Crippen molar-refractivity contribution in [2.75, 3.05) is 5.32 Å². The summed E-state index contributed by atoms with van der Waals surface area (Å²) in [6, 6.07) is 7.78. The number of aryl methyl sites for hydroxylation is 1. The van der Waals surface area contributed by atoms with Gasteiger partial charge in [0.2, 0.25) is 0 Å². The number of aromatic nitrogens is 2. The molecule has 0 aliphatic heterocycles. The SMILES string of the molecule is Cc1ccc(Cl)cc1Nc1ncnc2sccc12. The molecular formula is C13H10ClN3S. The molecule has 0 atom stereocenters. The van der Waals surface area contributed by atoms with Crippen molar-refractivity contribution in [3.05, 3.63) is 46.6 Å². The number of hydrogen-bond donors (Lipinski definition) is 1. The third-order valence-corrected chi connectivity index (χ3v) is 3.77. The van der Waals surface area contributed by atoms with E-state index in [0.29, 0.717) is 5.02 Å². The van der Waals surface area contributed by atoms with E-state index < -0.39 is 0 Å². The molecule has 0 aliphatic rings. The minimum atomic E-state index is 0.707. The van der Waals surface area contributed by atoms with Gasteiger partial charge in [-0.15, -0.1) is 11.3 Å². The molecule has 0 amide bonds. The molecule has 3 nitrogen and oxygen atoms in total. The molecule has 90 valence electrons. The minimum absolute atomic E-state index is 0.707. The first-order valence-corrected chi connectivity index (χ1v) is 6.71. The average molecular weight is 276 g/mol. The van der Waals surface area contributed by atoms with Crippen LogP contribution in [-0.2, 0) is 0 Å². The fourth-order valence-electron chi connectivity index (χ4n) is 1.75. The normalized spacial score (nSPS) is 10.8. The van der Waals surface area contributed by atoms with Crippen LogP contribution < -0.4 is 5.32 Å². The van der Waals surface area contributed by atoms with Gasteiger partial charge in [0.15, 0.2) is 0 Å². The van der Waals surface area contributed by atoms with Gasteiger partial charge in [0.25, 0.3) is 0 Å². The Labute approximate surface area is 113 Å². The summed E-state index contributed by atoms with van der Waals surface area (Å²) >= 11 is 7.61. The van der Waals surface area contributed by atoms with Gasteiger partial charge in [-0.05, 0) is 36.1 Å². The topological polar surface area (TPSA) is 37.8 Å². The summed E-state index contributed by atoms with van der Waals surface area (Å²) in [6.07, 6.45) is 1.57. The maximum Gasteiger partial charge on any atom is 0.142 e. The van der Waals surface area contributed by atoms with Crippen LogP contribution in [0.15, 0.2) is 36.0 Å². The Balaban J connectivity index is 2.06. The number of nitrogens with one attached hydrogen (secondary N) is 1. The Morgan fingerprint density at radius 3 is 3.00 bits per heavy atom. The molecule has 18 heavy (non-hydrogen) atoms. The fraction of sp³-hybridized carbons (Fsp3) is 0.0769. The summed E-state index contributed by atoms with van der Waals surface area (Å²) < 4.78 is 0. The van der Waals surface area contributed by atoms with Gasteiger partial charge >= 0.3 is 0 Å². The van der Waals surface area contributed by atoms with Gasteiger partial charge in [0, 0.05) is 10.7 Å². The summed E-state index contributed by atoms with van der Waals surface area (Å²) in [5.74, 6) is 0.812. The van der Waals surface area contributed by atoms with Gasteiger partial charge in [0.1, 0.15) is 17.0 Å². The number of hydrogen-bond acceptors (Lipinski definition) is 4. The fourth-order valence-corrected chi connectivity index (χ4v) is 2.65. The highest BCUT2D eigenvalue weighted by atomic mass is 35.5. The smallest absolute Gasteiger partial charge is 0.142 e. The molecule has 3 rings (SSSR count). The zero-order valence-electron chi connectivity index (χ0n) is 9.64. The maximum absolute atomic E-state index is 6.01. The third kappa shape index (κ3) is 2.05. The summed E-state index contributed by atoms with van der Waals surface area (Å²) in [6.45, 7) is 2.03. The molecular weight excluding hydrogens is 266 g/mol. The lowest BCUT2D eigenvalue weighted by Gasteiger charge is -2.09. The summed E-state index contributed by atoms with van der Waals surface area (Å²) in [4.78, 5) is 9.49. The molecule has 0 radical (unpaired) electrons. The van der Waals surface area contributed by atoms with Crippen molar-refractivity contribution in [1.82, 2.24) is 9.97 Å². The number of thiophene rings is 1. The highest BCUT2D eigenvalue weighted by Crippen LogP contribution is 2.28. The van der Waals surface area contributed by atoms with Gasteiger partial charge in [-0.3, -0.25) is 0 Å². The first-order valence-electron chi connectivity index (χ1n) is 5.45. The Hall–Kier alpha value is -1.65. The van der Waals surface area contributed by atoms with Crippen LogP contribution in [0.2, 0.25) is 5.02 Å². The van der Waals surface area contributed by atoms with E-state index in [1.807, 2.05) is 36.6 Å². The van der Waals surface area contributed by atoms with Gasteiger partial charge in [-0.1, -0.05) is 17.7 Å². The summed E-state index contributed by atoms with van der Waals surface area (Å²) in [7, 11) is 0. The highest BCUT2D eigenvalue weighted by molar-refractivity contribution is 7.16. The predicted molar refractivity (Wildman–Crippen MR) is 76.9 cm³/mol. The van der Waals surface area contributed by atoms with E-state index in [1.54, 1.807) is 17.7 Å².